The number of ether oxygens (including phenoxy) is 1. The summed E-state index contributed by atoms with van der Waals surface area (Å²) in [6, 6.07) is 5.72. The van der Waals surface area contributed by atoms with E-state index in [2.05, 4.69) is 5.32 Å². The lowest BCUT2D eigenvalue weighted by Gasteiger charge is -2.20. The summed E-state index contributed by atoms with van der Waals surface area (Å²) in [6.07, 6.45) is -0.488. The number of hydrogen-bond donors (Lipinski definition) is 2. The standard InChI is InChI=1S/C16H25NO3/c1-10(2)14(18)9-16(19)17-12(4)13-8-11(3)6-7-15(13)20-5/h6-8,10,12,14,18H,9H2,1-5H3,(H,17,19). The van der Waals surface area contributed by atoms with Crippen molar-refractivity contribution in [1.29, 1.82) is 0 Å². The van der Waals surface area contributed by atoms with Crippen LogP contribution in [0.25, 0.3) is 0 Å². The first-order chi connectivity index (χ1) is 9.35. The third-order valence-corrected chi connectivity index (χ3v) is 3.39. The van der Waals surface area contributed by atoms with Gasteiger partial charge in [-0.05, 0) is 25.8 Å². The molecule has 0 spiro atoms. The van der Waals surface area contributed by atoms with Crippen molar-refractivity contribution in [2.45, 2.75) is 46.3 Å². The third kappa shape index (κ3) is 4.53. The maximum atomic E-state index is 11.9. The van der Waals surface area contributed by atoms with Crippen LogP contribution in [0.4, 0.5) is 0 Å². The highest BCUT2D eigenvalue weighted by molar-refractivity contribution is 5.77. The van der Waals surface area contributed by atoms with Gasteiger partial charge in [0.2, 0.25) is 5.91 Å². The summed E-state index contributed by atoms with van der Waals surface area (Å²) in [7, 11) is 1.62. The molecule has 0 aliphatic carbocycles. The van der Waals surface area contributed by atoms with Gasteiger partial charge in [0.25, 0.3) is 0 Å². The van der Waals surface area contributed by atoms with E-state index in [-0.39, 0.29) is 24.3 Å². The number of aliphatic hydroxyl groups is 1. The Balaban J connectivity index is 2.73. The van der Waals surface area contributed by atoms with Crippen LogP contribution in [0.5, 0.6) is 5.75 Å². The minimum Gasteiger partial charge on any atom is -0.496 e. The minimum atomic E-state index is -0.610. The van der Waals surface area contributed by atoms with E-state index in [1.807, 2.05) is 45.9 Å². The quantitative estimate of drug-likeness (QED) is 0.841. The average molecular weight is 279 g/mol. The molecule has 1 amide bonds. The van der Waals surface area contributed by atoms with Gasteiger partial charge in [-0.25, -0.2) is 0 Å². The monoisotopic (exact) mass is 279 g/mol. The van der Waals surface area contributed by atoms with E-state index >= 15 is 0 Å². The van der Waals surface area contributed by atoms with Crippen molar-refractivity contribution < 1.29 is 14.6 Å². The molecule has 0 heterocycles. The fourth-order valence-corrected chi connectivity index (χ4v) is 2.00. The van der Waals surface area contributed by atoms with Gasteiger partial charge >= 0.3 is 0 Å². The molecule has 4 nitrogen and oxygen atoms in total. The minimum absolute atomic E-state index is 0.0737. The molecule has 0 radical (unpaired) electrons. The highest BCUT2D eigenvalue weighted by Gasteiger charge is 2.18. The third-order valence-electron chi connectivity index (χ3n) is 3.39. The molecule has 1 rings (SSSR count). The largest absolute Gasteiger partial charge is 0.496 e. The topological polar surface area (TPSA) is 58.6 Å². The molecule has 20 heavy (non-hydrogen) atoms. The fourth-order valence-electron chi connectivity index (χ4n) is 2.00. The lowest BCUT2D eigenvalue weighted by atomic mass is 10.0. The summed E-state index contributed by atoms with van der Waals surface area (Å²) < 4.78 is 5.32. The van der Waals surface area contributed by atoms with E-state index in [4.69, 9.17) is 4.74 Å². The number of aryl methyl sites for hydroxylation is 1. The Morgan fingerprint density at radius 3 is 2.55 bits per heavy atom. The number of methoxy groups -OCH3 is 1. The summed E-state index contributed by atoms with van der Waals surface area (Å²) in [5.74, 6) is 0.680. The summed E-state index contributed by atoms with van der Waals surface area (Å²) in [5.41, 5.74) is 2.06. The van der Waals surface area contributed by atoms with Crippen molar-refractivity contribution in [3.63, 3.8) is 0 Å². The first kappa shape index (κ1) is 16.5. The maximum Gasteiger partial charge on any atom is 0.223 e. The number of carbonyl (C=O) groups excluding carboxylic acids is 1. The van der Waals surface area contributed by atoms with Crippen molar-refractivity contribution in [2.24, 2.45) is 5.92 Å². The lowest BCUT2D eigenvalue weighted by Crippen LogP contribution is -2.31. The van der Waals surface area contributed by atoms with E-state index in [1.54, 1.807) is 7.11 Å². The Hall–Kier alpha value is -1.55. The van der Waals surface area contributed by atoms with E-state index < -0.39 is 6.10 Å². The molecule has 4 heteroatoms. The lowest BCUT2D eigenvalue weighted by molar-refractivity contribution is -0.124. The second-order valence-corrected chi connectivity index (χ2v) is 5.55. The van der Waals surface area contributed by atoms with Gasteiger partial charge in [0.1, 0.15) is 5.75 Å². The van der Waals surface area contributed by atoms with Crippen LogP contribution in [0.15, 0.2) is 18.2 Å². The van der Waals surface area contributed by atoms with Crippen LogP contribution in [0.1, 0.15) is 44.4 Å². The molecule has 0 aliphatic heterocycles. The Bertz CT molecular complexity index is 457. The zero-order chi connectivity index (χ0) is 15.3. The number of hydrogen-bond acceptors (Lipinski definition) is 3. The smallest absolute Gasteiger partial charge is 0.223 e. The molecule has 0 aliphatic rings. The van der Waals surface area contributed by atoms with E-state index in [0.717, 1.165) is 16.9 Å². The van der Waals surface area contributed by atoms with Crippen molar-refractivity contribution in [3.8, 4) is 5.75 Å². The highest BCUT2D eigenvalue weighted by Crippen LogP contribution is 2.26. The molecule has 112 valence electrons. The SMILES string of the molecule is COc1ccc(C)cc1C(C)NC(=O)CC(O)C(C)C. The molecule has 1 aromatic carbocycles. The maximum absolute atomic E-state index is 11.9. The van der Waals surface area contributed by atoms with E-state index in [1.165, 1.54) is 0 Å². The molecule has 0 saturated carbocycles. The fraction of sp³-hybridized carbons (Fsp3) is 0.562. The first-order valence-electron chi connectivity index (χ1n) is 6.97. The summed E-state index contributed by atoms with van der Waals surface area (Å²) >= 11 is 0. The van der Waals surface area contributed by atoms with Crippen molar-refractivity contribution in [1.82, 2.24) is 5.32 Å². The van der Waals surface area contributed by atoms with Gasteiger partial charge < -0.3 is 15.2 Å². The Morgan fingerprint density at radius 1 is 1.35 bits per heavy atom. The average Bonchev–Trinajstić information content (AvgIpc) is 2.38. The number of amides is 1. The number of aliphatic hydroxyl groups excluding tert-OH is 1. The number of benzene rings is 1. The molecule has 0 fully saturated rings. The number of carbonyl (C=O) groups is 1. The summed E-state index contributed by atoms with van der Waals surface area (Å²) in [6.45, 7) is 7.70. The van der Waals surface area contributed by atoms with E-state index in [9.17, 15) is 9.90 Å². The molecule has 0 saturated heterocycles. The predicted octanol–water partition coefficient (Wildman–Crippen LogP) is 2.59. The number of nitrogens with one attached hydrogen (secondary N) is 1. The van der Waals surface area contributed by atoms with Crippen LogP contribution in [0.3, 0.4) is 0 Å². The molecular weight excluding hydrogens is 254 g/mol. The zero-order valence-corrected chi connectivity index (χ0v) is 12.9. The van der Waals surface area contributed by atoms with Crippen molar-refractivity contribution in [3.05, 3.63) is 29.3 Å². The molecular formula is C16H25NO3. The van der Waals surface area contributed by atoms with Gasteiger partial charge in [-0.3, -0.25) is 4.79 Å². The van der Waals surface area contributed by atoms with Gasteiger partial charge in [-0.2, -0.15) is 0 Å². The van der Waals surface area contributed by atoms with Gasteiger partial charge in [0.05, 0.1) is 25.7 Å². The van der Waals surface area contributed by atoms with Gasteiger partial charge in [-0.15, -0.1) is 0 Å². The van der Waals surface area contributed by atoms with Crippen molar-refractivity contribution >= 4 is 5.91 Å². The second kappa shape index (κ2) is 7.29. The van der Waals surface area contributed by atoms with Crippen molar-refractivity contribution in [2.75, 3.05) is 7.11 Å². The van der Waals surface area contributed by atoms with Crippen LogP contribution in [0.2, 0.25) is 0 Å². The zero-order valence-electron chi connectivity index (χ0n) is 12.9. The first-order valence-corrected chi connectivity index (χ1v) is 6.97. The second-order valence-electron chi connectivity index (χ2n) is 5.55. The molecule has 0 aromatic heterocycles. The molecule has 0 bridgehead atoms. The predicted molar refractivity (Wildman–Crippen MR) is 79.8 cm³/mol. The van der Waals surface area contributed by atoms with Crippen LogP contribution in [0, 0.1) is 12.8 Å². The van der Waals surface area contributed by atoms with Crippen LogP contribution in [-0.4, -0.2) is 24.2 Å². The molecule has 1 aromatic rings. The summed E-state index contributed by atoms with van der Waals surface area (Å²) in [5, 5.41) is 12.6. The molecule has 2 atom stereocenters. The Kier molecular flexibility index (Phi) is 6.02. The van der Waals surface area contributed by atoms with E-state index in [0.29, 0.717) is 0 Å². The summed E-state index contributed by atoms with van der Waals surface area (Å²) in [4.78, 5) is 11.9. The van der Waals surface area contributed by atoms with Gasteiger partial charge in [0, 0.05) is 5.56 Å². The van der Waals surface area contributed by atoms with Gasteiger partial charge in [-0.1, -0.05) is 31.5 Å². The van der Waals surface area contributed by atoms with Crippen LogP contribution < -0.4 is 10.1 Å². The Labute approximate surface area is 121 Å². The van der Waals surface area contributed by atoms with Gasteiger partial charge in [0.15, 0.2) is 0 Å². The van der Waals surface area contributed by atoms with Crippen LogP contribution in [-0.2, 0) is 4.79 Å². The highest BCUT2D eigenvalue weighted by atomic mass is 16.5. The molecule has 2 unspecified atom stereocenters. The normalized spacial score (nSPS) is 13.9. The Morgan fingerprint density at radius 2 is 2.00 bits per heavy atom. The molecule has 2 N–H and O–H groups in total. The van der Waals surface area contributed by atoms with Crippen LogP contribution >= 0.6 is 0 Å². The number of rotatable bonds is 6.